The molecule has 0 spiro atoms. The van der Waals surface area contributed by atoms with Gasteiger partial charge in [-0.15, -0.1) is 0 Å². The number of nitrogens with one attached hydrogen (secondary N) is 1. The minimum atomic E-state index is -1.36. The number of carbonyl (C=O) groups is 6. The summed E-state index contributed by atoms with van der Waals surface area (Å²) in [7, 11) is 0. The van der Waals surface area contributed by atoms with Crippen LogP contribution in [0.3, 0.4) is 0 Å². The molecule has 0 aromatic rings. The molecule has 2 saturated heterocycles. The Kier molecular flexibility index (Phi) is 16.8. The summed E-state index contributed by atoms with van der Waals surface area (Å²) in [5, 5.41) is 2.55. The highest BCUT2D eigenvalue weighted by Crippen LogP contribution is 2.34. The Morgan fingerprint density at radius 1 is 0.591 bits per heavy atom. The van der Waals surface area contributed by atoms with Gasteiger partial charge < -0.3 is 24.3 Å². The number of ether oxygens (including phenoxy) is 4. The Hall–Kier alpha value is -3.18. The highest BCUT2D eigenvalue weighted by atomic mass is 16.6. The summed E-state index contributed by atoms with van der Waals surface area (Å²) in [6.45, 7) is 7.59. The summed E-state index contributed by atoms with van der Waals surface area (Å²) >= 11 is 0. The van der Waals surface area contributed by atoms with Gasteiger partial charge in [0.1, 0.15) is 18.8 Å². The molecule has 44 heavy (non-hydrogen) atoms. The summed E-state index contributed by atoms with van der Waals surface area (Å²) in [5.74, 6) is -4.21. The molecule has 0 aliphatic carbocycles. The van der Waals surface area contributed by atoms with Crippen molar-refractivity contribution in [3.63, 3.8) is 0 Å². The maximum Gasteiger partial charge on any atom is 0.314 e. The van der Waals surface area contributed by atoms with Crippen molar-refractivity contribution in [3.05, 3.63) is 0 Å². The zero-order valence-electron chi connectivity index (χ0n) is 26.9. The van der Waals surface area contributed by atoms with Crippen LogP contribution in [0, 0.1) is 0 Å². The van der Waals surface area contributed by atoms with Crippen LogP contribution in [0.5, 0.6) is 0 Å². The molecule has 2 fully saturated rings. The third kappa shape index (κ3) is 11.4. The second-order valence-corrected chi connectivity index (χ2v) is 11.6. The lowest BCUT2D eigenvalue weighted by Crippen LogP contribution is -2.70. The van der Waals surface area contributed by atoms with Crippen molar-refractivity contribution in [2.75, 3.05) is 6.61 Å². The molecule has 0 bridgehead atoms. The maximum atomic E-state index is 13.2. The maximum absolute atomic E-state index is 13.2. The quantitative estimate of drug-likeness (QED) is 0.0848. The van der Waals surface area contributed by atoms with Crippen molar-refractivity contribution in [3.8, 4) is 0 Å². The first-order chi connectivity index (χ1) is 21.2. The SMILES string of the molecule is CCCCCC(=O)OC[C@@H]1[C@@H](OC(=O)CCCCC)[C@H](OC(=O)CCCCC)[C@H](OC(=O)CCCCC)C2NC(=O)C(=O)N21. The topological polar surface area (TPSA) is 155 Å². The molecule has 2 aliphatic heterocycles. The number of unbranched alkanes of at least 4 members (excludes halogenated alkanes) is 8. The largest absolute Gasteiger partial charge is 0.463 e. The molecule has 0 saturated carbocycles. The molecule has 0 aromatic heterocycles. The lowest BCUT2D eigenvalue weighted by molar-refractivity contribution is -0.219. The molecule has 1 N–H and O–H groups in total. The average molecular weight is 625 g/mol. The molecular formula is C32H52N2O10. The predicted octanol–water partition coefficient (Wildman–Crippen LogP) is 4.25. The molecular weight excluding hydrogens is 572 g/mol. The molecule has 0 aromatic carbocycles. The first-order valence-electron chi connectivity index (χ1n) is 16.5. The van der Waals surface area contributed by atoms with Crippen molar-refractivity contribution in [1.29, 1.82) is 0 Å². The van der Waals surface area contributed by atoms with Crippen LogP contribution in [0.2, 0.25) is 0 Å². The van der Waals surface area contributed by atoms with E-state index in [1.165, 1.54) is 0 Å². The Balaban J connectivity index is 2.48. The van der Waals surface area contributed by atoms with E-state index >= 15 is 0 Å². The third-order valence-electron chi connectivity index (χ3n) is 7.86. The van der Waals surface area contributed by atoms with Crippen molar-refractivity contribution in [1.82, 2.24) is 10.2 Å². The van der Waals surface area contributed by atoms with Crippen molar-refractivity contribution in [2.24, 2.45) is 0 Å². The van der Waals surface area contributed by atoms with Crippen molar-refractivity contribution >= 4 is 35.7 Å². The van der Waals surface area contributed by atoms with Crippen molar-refractivity contribution < 1.29 is 47.7 Å². The first-order valence-corrected chi connectivity index (χ1v) is 16.5. The minimum absolute atomic E-state index is 0.0705. The van der Waals surface area contributed by atoms with Gasteiger partial charge in [0.2, 0.25) is 0 Å². The number of rotatable bonds is 21. The number of piperidine rings is 1. The molecule has 12 nitrogen and oxygen atoms in total. The number of nitrogens with zero attached hydrogens (tertiary/aromatic N) is 1. The summed E-state index contributed by atoms with van der Waals surface area (Å²) in [6.07, 6.45) is 4.18. The second kappa shape index (κ2) is 20.0. The third-order valence-corrected chi connectivity index (χ3v) is 7.86. The number of fused-ring (bicyclic) bond motifs is 1. The highest BCUT2D eigenvalue weighted by molar-refractivity contribution is 6.37. The Labute approximate surface area is 261 Å². The fourth-order valence-corrected chi connectivity index (χ4v) is 5.40. The average Bonchev–Trinajstić information content (AvgIpc) is 3.28. The number of amides is 2. The number of hydrogen-bond acceptors (Lipinski definition) is 10. The molecule has 12 heteroatoms. The van der Waals surface area contributed by atoms with Crippen LogP contribution in [-0.2, 0) is 47.7 Å². The summed E-state index contributed by atoms with van der Waals surface area (Å²) in [5.41, 5.74) is 0. The first kappa shape index (κ1) is 37.0. The van der Waals surface area contributed by atoms with Crippen LogP contribution in [-0.4, -0.2) is 77.7 Å². The van der Waals surface area contributed by atoms with E-state index in [0.29, 0.717) is 25.7 Å². The van der Waals surface area contributed by atoms with E-state index in [4.69, 9.17) is 18.9 Å². The van der Waals surface area contributed by atoms with E-state index in [9.17, 15) is 28.8 Å². The molecule has 2 heterocycles. The standard InChI is InChI=1S/C32H52N2O10/c1-5-9-13-17-23(35)41-21-22-27(42-24(36)18-14-10-6-2)28(43-25(37)19-15-11-7-3)29(44-26(38)20-16-12-8-4)30-33-31(39)32(40)34(22)30/h22,27-30H,5-21H2,1-4H3,(H,33,39)/t22-,27-,28+,29+,30?/m1/s1. The smallest absolute Gasteiger partial charge is 0.314 e. The monoisotopic (exact) mass is 624 g/mol. The fraction of sp³-hybridized carbons (Fsp3) is 0.812. The van der Waals surface area contributed by atoms with Gasteiger partial charge in [-0.1, -0.05) is 79.1 Å². The van der Waals surface area contributed by atoms with E-state index in [2.05, 4.69) is 5.32 Å². The van der Waals surface area contributed by atoms with E-state index in [1.807, 2.05) is 27.7 Å². The molecule has 2 aliphatic rings. The minimum Gasteiger partial charge on any atom is -0.463 e. The second-order valence-electron chi connectivity index (χ2n) is 11.6. The highest BCUT2D eigenvalue weighted by Gasteiger charge is 2.61. The molecule has 0 radical (unpaired) electrons. The lowest BCUT2D eigenvalue weighted by atomic mass is 9.91. The summed E-state index contributed by atoms with van der Waals surface area (Å²) < 4.78 is 23.1. The van der Waals surface area contributed by atoms with Gasteiger partial charge in [-0.25, -0.2) is 0 Å². The van der Waals surface area contributed by atoms with Crippen LogP contribution < -0.4 is 5.32 Å². The van der Waals surface area contributed by atoms with Gasteiger partial charge in [-0.2, -0.15) is 0 Å². The Morgan fingerprint density at radius 3 is 1.45 bits per heavy atom. The number of esters is 4. The van der Waals surface area contributed by atoms with Gasteiger partial charge in [0, 0.05) is 25.7 Å². The van der Waals surface area contributed by atoms with Gasteiger partial charge in [0.05, 0.1) is 0 Å². The summed E-state index contributed by atoms with van der Waals surface area (Å²) in [6, 6.07) is -1.17. The van der Waals surface area contributed by atoms with Gasteiger partial charge >= 0.3 is 35.7 Å². The van der Waals surface area contributed by atoms with E-state index in [-0.39, 0.29) is 25.7 Å². The molecule has 250 valence electrons. The van der Waals surface area contributed by atoms with Crippen LogP contribution in [0.25, 0.3) is 0 Å². The Bertz CT molecular complexity index is 971. The van der Waals surface area contributed by atoms with E-state index in [0.717, 1.165) is 56.3 Å². The molecule has 5 atom stereocenters. The molecule has 2 rings (SSSR count). The normalized spacial score (nSPS) is 22.6. The Morgan fingerprint density at radius 2 is 1.00 bits per heavy atom. The lowest BCUT2D eigenvalue weighted by Gasteiger charge is -2.48. The summed E-state index contributed by atoms with van der Waals surface area (Å²) in [4.78, 5) is 78.6. The zero-order valence-corrected chi connectivity index (χ0v) is 26.9. The molecule has 2 amide bonds. The number of hydrogen-bond donors (Lipinski definition) is 1. The fourth-order valence-electron chi connectivity index (χ4n) is 5.40. The predicted molar refractivity (Wildman–Crippen MR) is 160 cm³/mol. The van der Waals surface area contributed by atoms with Gasteiger partial charge in [-0.05, 0) is 25.7 Å². The van der Waals surface area contributed by atoms with Crippen LogP contribution in [0.15, 0.2) is 0 Å². The van der Waals surface area contributed by atoms with Crippen LogP contribution in [0.4, 0.5) is 0 Å². The van der Waals surface area contributed by atoms with E-state index < -0.39 is 72.8 Å². The van der Waals surface area contributed by atoms with Crippen LogP contribution >= 0.6 is 0 Å². The zero-order chi connectivity index (χ0) is 32.5. The van der Waals surface area contributed by atoms with Gasteiger partial charge in [0.25, 0.3) is 0 Å². The van der Waals surface area contributed by atoms with Crippen LogP contribution in [0.1, 0.15) is 130 Å². The molecule has 1 unspecified atom stereocenters. The van der Waals surface area contributed by atoms with Crippen molar-refractivity contribution in [2.45, 2.75) is 161 Å². The number of carbonyl (C=O) groups excluding carboxylic acids is 6. The van der Waals surface area contributed by atoms with E-state index in [1.54, 1.807) is 0 Å². The van der Waals surface area contributed by atoms with Gasteiger partial charge in [0.15, 0.2) is 18.3 Å². The van der Waals surface area contributed by atoms with Gasteiger partial charge in [-0.3, -0.25) is 33.7 Å².